The maximum atomic E-state index is 13.2. The Balaban J connectivity index is 1.84. The van der Waals surface area contributed by atoms with Gasteiger partial charge in [-0.1, -0.05) is 39.2 Å². The molecule has 1 saturated carbocycles. The van der Waals surface area contributed by atoms with Gasteiger partial charge in [0.25, 0.3) is 5.91 Å². The fraction of sp³-hybridized carbons (Fsp3) is 0.636. The number of carbonyl (C=O) groups excluding carboxylic acids is 2. The summed E-state index contributed by atoms with van der Waals surface area (Å²) in [7, 11) is -2.37. The standard InChI is InChI=1S/C22H32N2O5S/c1-16-12-17(2)15-24(14-16)30(27,28)19-9-7-8-18(13-19)20(25)23-22(21(26)29-3)10-5-4-6-11-22/h7-9,13,16-17H,4-6,10-12,14-15H2,1-3H3,(H,23,25). The number of hydrogen-bond acceptors (Lipinski definition) is 5. The molecule has 30 heavy (non-hydrogen) atoms. The predicted octanol–water partition coefficient (Wildman–Crippen LogP) is 2.96. The van der Waals surface area contributed by atoms with E-state index in [2.05, 4.69) is 19.2 Å². The zero-order valence-electron chi connectivity index (χ0n) is 18.0. The molecule has 2 atom stereocenters. The number of carbonyl (C=O) groups is 2. The van der Waals surface area contributed by atoms with E-state index in [0.717, 1.165) is 25.7 Å². The number of methoxy groups -OCH3 is 1. The van der Waals surface area contributed by atoms with E-state index < -0.39 is 27.4 Å². The van der Waals surface area contributed by atoms with Gasteiger partial charge in [-0.3, -0.25) is 4.79 Å². The maximum absolute atomic E-state index is 13.2. The second-order valence-corrected chi connectivity index (χ2v) is 10.8. The van der Waals surface area contributed by atoms with Crippen LogP contribution in [-0.2, 0) is 19.6 Å². The van der Waals surface area contributed by atoms with Crippen LogP contribution in [0.1, 0.15) is 62.7 Å². The SMILES string of the molecule is COC(=O)C1(NC(=O)c2cccc(S(=O)(=O)N3CC(C)CC(C)C3)c2)CCCCC1. The normalized spacial score (nSPS) is 24.8. The molecular weight excluding hydrogens is 404 g/mol. The van der Waals surface area contributed by atoms with Crippen molar-refractivity contribution in [3.8, 4) is 0 Å². The molecule has 1 aliphatic heterocycles. The lowest BCUT2D eigenvalue weighted by Crippen LogP contribution is -2.56. The Morgan fingerprint density at radius 3 is 2.33 bits per heavy atom. The largest absolute Gasteiger partial charge is 0.467 e. The summed E-state index contributed by atoms with van der Waals surface area (Å²) in [5.74, 6) is -0.321. The Morgan fingerprint density at radius 1 is 1.10 bits per heavy atom. The monoisotopic (exact) mass is 436 g/mol. The molecular formula is C22H32N2O5S. The summed E-state index contributed by atoms with van der Waals surface area (Å²) < 4.78 is 32.8. The van der Waals surface area contributed by atoms with E-state index in [-0.39, 0.29) is 10.5 Å². The number of amides is 1. The van der Waals surface area contributed by atoms with E-state index in [1.54, 1.807) is 12.1 Å². The fourth-order valence-electron chi connectivity index (χ4n) is 4.77. The fourth-order valence-corrected chi connectivity index (χ4v) is 6.50. The predicted molar refractivity (Wildman–Crippen MR) is 113 cm³/mol. The van der Waals surface area contributed by atoms with E-state index in [1.165, 1.54) is 23.5 Å². The average molecular weight is 437 g/mol. The highest BCUT2D eigenvalue weighted by Crippen LogP contribution is 2.30. The molecule has 7 nitrogen and oxygen atoms in total. The van der Waals surface area contributed by atoms with Crippen LogP contribution in [0.25, 0.3) is 0 Å². The summed E-state index contributed by atoms with van der Waals surface area (Å²) in [4.78, 5) is 25.5. The van der Waals surface area contributed by atoms with Crippen molar-refractivity contribution in [1.29, 1.82) is 0 Å². The highest BCUT2D eigenvalue weighted by Gasteiger charge is 2.42. The van der Waals surface area contributed by atoms with Crippen LogP contribution in [0.4, 0.5) is 0 Å². The molecule has 0 bridgehead atoms. The van der Waals surface area contributed by atoms with Crippen molar-refractivity contribution in [3.05, 3.63) is 29.8 Å². The van der Waals surface area contributed by atoms with Crippen molar-refractivity contribution in [1.82, 2.24) is 9.62 Å². The van der Waals surface area contributed by atoms with Gasteiger partial charge in [-0.05, 0) is 49.3 Å². The third-order valence-electron chi connectivity index (χ3n) is 6.21. The minimum absolute atomic E-state index is 0.104. The molecule has 2 fully saturated rings. The van der Waals surface area contributed by atoms with Crippen molar-refractivity contribution in [2.45, 2.75) is 62.8 Å². The van der Waals surface area contributed by atoms with Crippen LogP contribution in [0.5, 0.6) is 0 Å². The number of rotatable bonds is 5. The lowest BCUT2D eigenvalue weighted by atomic mass is 9.81. The number of nitrogens with zero attached hydrogens (tertiary/aromatic N) is 1. The van der Waals surface area contributed by atoms with Crippen molar-refractivity contribution in [2.75, 3.05) is 20.2 Å². The molecule has 1 aromatic rings. The topological polar surface area (TPSA) is 92.8 Å². The lowest BCUT2D eigenvalue weighted by molar-refractivity contribution is -0.149. The van der Waals surface area contributed by atoms with Gasteiger partial charge in [0, 0.05) is 18.7 Å². The minimum Gasteiger partial charge on any atom is -0.467 e. The summed E-state index contributed by atoms with van der Waals surface area (Å²) in [6.07, 6.45) is 4.71. The zero-order chi connectivity index (χ0) is 21.9. The Kier molecular flexibility index (Phi) is 6.87. The van der Waals surface area contributed by atoms with Gasteiger partial charge in [0.05, 0.1) is 12.0 Å². The molecule has 2 unspecified atom stereocenters. The van der Waals surface area contributed by atoms with Crippen molar-refractivity contribution in [3.63, 3.8) is 0 Å². The van der Waals surface area contributed by atoms with Gasteiger partial charge in [0.2, 0.25) is 10.0 Å². The third-order valence-corrected chi connectivity index (χ3v) is 8.03. The second-order valence-electron chi connectivity index (χ2n) is 8.88. The van der Waals surface area contributed by atoms with E-state index in [9.17, 15) is 18.0 Å². The molecule has 3 rings (SSSR count). The molecule has 1 N–H and O–H groups in total. The van der Waals surface area contributed by atoms with E-state index in [0.29, 0.717) is 37.8 Å². The minimum atomic E-state index is -3.69. The van der Waals surface area contributed by atoms with Gasteiger partial charge in [-0.15, -0.1) is 0 Å². The Morgan fingerprint density at radius 2 is 1.73 bits per heavy atom. The molecule has 8 heteroatoms. The van der Waals surface area contributed by atoms with Crippen LogP contribution >= 0.6 is 0 Å². The van der Waals surface area contributed by atoms with Gasteiger partial charge in [-0.25, -0.2) is 13.2 Å². The van der Waals surface area contributed by atoms with Crippen LogP contribution in [0.3, 0.4) is 0 Å². The second kappa shape index (κ2) is 9.06. The number of ether oxygens (including phenoxy) is 1. The van der Waals surface area contributed by atoms with E-state index in [1.807, 2.05) is 0 Å². The molecule has 0 spiro atoms. The van der Waals surface area contributed by atoms with Crippen LogP contribution in [0, 0.1) is 11.8 Å². The van der Waals surface area contributed by atoms with Gasteiger partial charge >= 0.3 is 5.97 Å². The lowest BCUT2D eigenvalue weighted by Gasteiger charge is -2.35. The van der Waals surface area contributed by atoms with Crippen LogP contribution in [0.2, 0.25) is 0 Å². The number of sulfonamides is 1. The number of piperidine rings is 1. The Labute approximate surface area is 179 Å². The highest BCUT2D eigenvalue weighted by molar-refractivity contribution is 7.89. The first-order valence-electron chi connectivity index (χ1n) is 10.7. The molecule has 0 radical (unpaired) electrons. The first kappa shape index (κ1) is 22.7. The first-order valence-corrected chi connectivity index (χ1v) is 12.1. The van der Waals surface area contributed by atoms with Crippen LogP contribution < -0.4 is 5.32 Å². The summed E-state index contributed by atoms with van der Waals surface area (Å²) in [5, 5.41) is 2.85. The number of esters is 1. The quantitative estimate of drug-likeness (QED) is 0.717. The molecule has 2 aliphatic rings. The van der Waals surface area contributed by atoms with Gasteiger partial charge in [0.15, 0.2) is 0 Å². The first-order chi connectivity index (χ1) is 14.2. The summed E-state index contributed by atoms with van der Waals surface area (Å²) in [6, 6.07) is 6.07. The maximum Gasteiger partial charge on any atom is 0.331 e. The van der Waals surface area contributed by atoms with E-state index >= 15 is 0 Å². The number of nitrogens with one attached hydrogen (secondary N) is 1. The number of benzene rings is 1. The molecule has 1 saturated heterocycles. The van der Waals surface area contributed by atoms with Crippen LogP contribution in [-0.4, -0.2) is 50.3 Å². The molecule has 166 valence electrons. The molecule has 1 amide bonds. The molecule has 0 aromatic heterocycles. The van der Waals surface area contributed by atoms with Crippen molar-refractivity contribution < 1.29 is 22.7 Å². The highest BCUT2D eigenvalue weighted by atomic mass is 32.2. The van der Waals surface area contributed by atoms with Crippen molar-refractivity contribution in [2.24, 2.45) is 11.8 Å². The Bertz CT molecular complexity index is 883. The van der Waals surface area contributed by atoms with Gasteiger partial charge in [0.1, 0.15) is 5.54 Å². The molecule has 1 aromatic carbocycles. The molecule has 1 aliphatic carbocycles. The number of hydrogen-bond donors (Lipinski definition) is 1. The summed E-state index contributed by atoms with van der Waals surface area (Å²) >= 11 is 0. The summed E-state index contributed by atoms with van der Waals surface area (Å²) in [5.41, 5.74) is -0.820. The Hall–Kier alpha value is -1.93. The smallest absolute Gasteiger partial charge is 0.331 e. The average Bonchev–Trinajstić information content (AvgIpc) is 2.73. The van der Waals surface area contributed by atoms with Crippen molar-refractivity contribution >= 4 is 21.9 Å². The van der Waals surface area contributed by atoms with Gasteiger partial charge < -0.3 is 10.1 Å². The summed E-state index contributed by atoms with van der Waals surface area (Å²) in [6.45, 7) is 5.07. The molecule has 1 heterocycles. The zero-order valence-corrected chi connectivity index (χ0v) is 18.8. The van der Waals surface area contributed by atoms with E-state index in [4.69, 9.17) is 4.74 Å². The van der Waals surface area contributed by atoms with Gasteiger partial charge in [-0.2, -0.15) is 4.31 Å². The third kappa shape index (κ3) is 4.70. The van der Waals surface area contributed by atoms with Crippen LogP contribution in [0.15, 0.2) is 29.2 Å².